The number of hydrogen-bond donors (Lipinski definition) is 1. The molecular formula is C23H28N2O2S. The van der Waals surface area contributed by atoms with E-state index in [4.69, 9.17) is 0 Å². The molecule has 1 aromatic heterocycles. The summed E-state index contributed by atoms with van der Waals surface area (Å²) in [4.78, 5) is 3.87. The lowest BCUT2D eigenvalue weighted by molar-refractivity contribution is 0.336. The summed E-state index contributed by atoms with van der Waals surface area (Å²) >= 11 is 0. The van der Waals surface area contributed by atoms with Crippen LogP contribution in [0.15, 0.2) is 53.4 Å². The van der Waals surface area contributed by atoms with E-state index in [1.54, 1.807) is 23.5 Å². The van der Waals surface area contributed by atoms with Gasteiger partial charge in [0.25, 0.3) is 0 Å². The molecule has 148 valence electrons. The van der Waals surface area contributed by atoms with Crippen LogP contribution in [0.25, 0.3) is 10.9 Å². The highest BCUT2D eigenvalue weighted by molar-refractivity contribution is 7.89. The number of hydrogen-bond acceptors (Lipinski definition) is 2. The van der Waals surface area contributed by atoms with Crippen molar-refractivity contribution in [3.63, 3.8) is 0 Å². The number of likely N-dealkylation sites (N-methyl/N-ethyl adjacent to an activating group) is 1. The SMILES string of the molecule is CN(C1CCc2[nH]c3ccccc3c2C1)S(=O)(=O)c1ccc(C(C)(C)C)cc1. The van der Waals surface area contributed by atoms with Crippen LogP contribution in [0.4, 0.5) is 0 Å². The van der Waals surface area contributed by atoms with Crippen LogP contribution in [0.3, 0.4) is 0 Å². The summed E-state index contributed by atoms with van der Waals surface area (Å²) in [5.41, 5.74) is 4.78. The van der Waals surface area contributed by atoms with Gasteiger partial charge < -0.3 is 4.98 Å². The topological polar surface area (TPSA) is 53.2 Å². The number of aryl methyl sites for hydroxylation is 1. The molecule has 2 aromatic carbocycles. The van der Waals surface area contributed by atoms with Crippen molar-refractivity contribution in [2.45, 2.75) is 56.4 Å². The third-order valence-electron chi connectivity index (χ3n) is 5.98. The number of nitrogens with one attached hydrogen (secondary N) is 1. The Bertz CT molecular complexity index is 1110. The van der Waals surface area contributed by atoms with Crippen LogP contribution in [-0.4, -0.2) is 30.8 Å². The molecule has 0 radical (unpaired) electrons. The molecule has 0 bridgehead atoms. The minimum Gasteiger partial charge on any atom is -0.358 e. The van der Waals surface area contributed by atoms with Crippen LogP contribution in [0.5, 0.6) is 0 Å². The van der Waals surface area contributed by atoms with E-state index in [1.807, 2.05) is 24.3 Å². The average Bonchev–Trinajstić information content (AvgIpc) is 3.04. The number of para-hydroxylation sites is 1. The van der Waals surface area contributed by atoms with Crippen molar-refractivity contribution in [2.75, 3.05) is 7.05 Å². The van der Waals surface area contributed by atoms with Gasteiger partial charge in [-0.2, -0.15) is 4.31 Å². The molecule has 1 heterocycles. The molecule has 28 heavy (non-hydrogen) atoms. The minimum atomic E-state index is -3.52. The fourth-order valence-corrected chi connectivity index (χ4v) is 5.54. The predicted molar refractivity (Wildman–Crippen MR) is 114 cm³/mol. The van der Waals surface area contributed by atoms with Crippen LogP contribution in [-0.2, 0) is 28.3 Å². The Morgan fingerprint density at radius 1 is 1.04 bits per heavy atom. The Balaban J connectivity index is 1.61. The number of H-pyrrole nitrogens is 1. The lowest BCUT2D eigenvalue weighted by Gasteiger charge is -2.31. The lowest BCUT2D eigenvalue weighted by atomic mass is 9.87. The Hall–Kier alpha value is -2.11. The number of sulfonamides is 1. The zero-order chi connectivity index (χ0) is 20.1. The average molecular weight is 397 g/mol. The van der Waals surface area contributed by atoms with Crippen molar-refractivity contribution in [3.05, 3.63) is 65.4 Å². The summed E-state index contributed by atoms with van der Waals surface area (Å²) in [6.07, 6.45) is 2.45. The molecule has 0 saturated heterocycles. The van der Waals surface area contributed by atoms with Gasteiger partial charge in [-0.1, -0.05) is 51.1 Å². The quantitative estimate of drug-likeness (QED) is 0.701. The zero-order valence-corrected chi connectivity index (χ0v) is 17.8. The predicted octanol–water partition coefficient (Wildman–Crippen LogP) is 4.64. The zero-order valence-electron chi connectivity index (χ0n) is 17.0. The standard InChI is InChI=1S/C23H28N2O2S/c1-23(2,3)16-9-12-18(13-10-16)28(26,27)25(4)17-11-14-22-20(15-17)19-7-5-6-8-21(19)24-22/h5-10,12-13,17,24H,11,14-15H2,1-4H3. The van der Waals surface area contributed by atoms with E-state index in [1.165, 1.54) is 16.6 Å². The molecular weight excluding hydrogens is 368 g/mol. The van der Waals surface area contributed by atoms with Crippen molar-refractivity contribution in [3.8, 4) is 0 Å². The molecule has 4 rings (SSSR count). The normalized spacial score (nSPS) is 17.8. The van der Waals surface area contributed by atoms with Crippen molar-refractivity contribution in [1.29, 1.82) is 0 Å². The monoisotopic (exact) mass is 396 g/mol. The maximum atomic E-state index is 13.2. The van der Waals surface area contributed by atoms with Crippen molar-refractivity contribution in [1.82, 2.24) is 9.29 Å². The summed E-state index contributed by atoms with van der Waals surface area (Å²) in [6, 6.07) is 15.6. The van der Waals surface area contributed by atoms with E-state index in [2.05, 4.69) is 37.9 Å². The molecule has 1 aliphatic rings. The minimum absolute atomic E-state index is 0.00328. The van der Waals surface area contributed by atoms with E-state index in [0.717, 1.165) is 30.3 Å². The molecule has 4 nitrogen and oxygen atoms in total. The smallest absolute Gasteiger partial charge is 0.243 e. The molecule has 1 aliphatic carbocycles. The van der Waals surface area contributed by atoms with Crippen LogP contribution in [0, 0.1) is 0 Å². The number of aromatic nitrogens is 1. The van der Waals surface area contributed by atoms with E-state index >= 15 is 0 Å². The van der Waals surface area contributed by atoms with Crippen molar-refractivity contribution >= 4 is 20.9 Å². The fourth-order valence-electron chi connectivity index (χ4n) is 4.15. The Labute approximate surface area is 167 Å². The second kappa shape index (κ2) is 6.75. The first kappa shape index (κ1) is 19.2. The summed E-state index contributed by atoms with van der Waals surface area (Å²) < 4.78 is 28.0. The number of fused-ring (bicyclic) bond motifs is 3. The third kappa shape index (κ3) is 3.27. The summed E-state index contributed by atoms with van der Waals surface area (Å²) in [5, 5.41) is 1.21. The molecule has 1 unspecified atom stereocenters. The van der Waals surface area contributed by atoms with Crippen LogP contribution in [0.2, 0.25) is 0 Å². The molecule has 1 N–H and O–H groups in total. The maximum Gasteiger partial charge on any atom is 0.243 e. The molecule has 3 aromatic rings. The van der Waals surface area contributed by atoms with Crippen molar-refractivity contribution < 1.29 is 8.42 Å². The van der Waals surface area contributed by atoms with E-state index < -0.39 is 10.0 Å². The van der Waals surface area contributed by atoms with E-state index in [-0.39, 0.29) is 11.5 Å². The lowest BCUT2D eigenvalue weighted by Crippen LogP contribution is -2.40. The van der Waals surface area contributed by atoms with Gasteiger partial charge in [-0.25, -0.2) is 8.42 Å². The van der Waals surface area contributed by atoms with Gasteiger partial charge >= 0.3 is 0 Å². The van der Waals surface area contributed by atoms with Crippen LogP contribution < -0.4 is 0 Å². The molecule has 0 spiro atoms. The largest absolute Gasteiger partial charge is 0.358 e. The number of aromatic amines is 1. The van der Waals surface area contributed by atoms with Gasteiger partial charge in [-0.3, -0.25) is 0 Å². The van der Waals surface area contributed by atoms with Gasteiger partial charge in [0.1, 0.15) is 0 Å². The highest BCUT2D eigenvalue weighted by Crippen LogP contribution is 2.32. The number of rotatable bonds is 3. The molecule has 0 amide bonds. The Morgan fingerprint density at radius 2 is 1.71 bits per heavy atom. The molecule has 0 aliphatic heterocycles. The van der Waals surface area contributed by atoms with Crippen LogP contribution in [0.1, 0.15) is 44.0 Å². The second-order valence-electron chi connectivity index (χ2n) is 8.82. The highest BCUT2D eigenvalue weighted by atomic mass is 32.2. The van der Waals surface area contributed by atoms with Gasteiger partial charge in [0, 0.05) is 29.7 Å². The molecule has 0 saturated carbocycles. The van der Waals surface area contributed by atoms with Gasteiger partial charge in [-0.15, -0.1) is 0 Å². The first-order valence-electron chi connectivity index (χ1n) is 9.85. The van der Waals surface area contributed by atoms with Gasteiger partial charge in [0.05, 0.1) is 4.90 Å². The molecule has 0 fully saturated rings. The van der Waals surface area contributed by atoms with E-state index in [0.29, 0.717) is 4.90 Å². The van der Waals surface area contributed by atoms with Gasteiger partial charge in [0.15, 0.2) is 0 Å². The highest BCUT2D eigenvalue weighted by Gasteiger charge is 2.32. The molecule has 1 atom stereocenters. The summed E-state index contributed by atoms with van der Waals surface area (Å²) in [6.45, 7) is 6.39. The fraction of sp³-hybridized carbons (Fsp3) is 0.391. The Morgan fingerprint density at radius 3 is 2.39 bits per heavy atom. The van der Waals surface area contributed by atoms with Crippen molar-refractivity contribution in [2.24, 2.45) is 0 Å². The first-order valence-corrected chi connectivity index (χ1v) is 11.3. The van der Waals surface area contributed by atoms with Crippen LogP contribution >= 0.6 is 0 Å². The summed E-state index contributed by atoms with van der Waals surface area (Å²) in [5.74, 6) is 0. The Kier molecular flexibility index (Phi) is 4.63. The summed E-state index contributed by atoms with van der Waals surface area (Å²) in [7, 11) is -1.80. The van der Waals surface area contributed by atoms with E-state index in [9.17, 15) is 8.42 Å². The van der Waals surface area contributed by atoms with Gasteiger partial charge in [0.2, 0.25) is 10.0 Å². The maximum absolute atomic E-state index is 13.2. The second-order valence-corrected chi connectivity index (χ2v) is 10.8. The van der Waals surface area contributed by atoms with Gasteiger partial charge in [-0.05, 0) is 54.0 Å². The number of benzene rings is 2. The third-order valence-corrected chi connectivity index (χ3v) is 7.91. The first-order chi connectivity index (χ1) is 13.2. The molecule has 5 heteroatoms. The number of nitrogens with zero attached hydrogens (tertiary/aromatic N) is 1.